The van der Waals surface area contributed by atoms with Gasteiger partial charge in [-0.2, -0.15) is 0 Å². The van der Waals surface area contributed by atoms with Crippen molar-refractivity contribution in [3.8, 4) is 0 Å². The Labute approximate surface area is 117 Å². The van der Waals surface area contributed by atoms with Crippen molar-refractivity contribution in [3.05, 3.63) is 0 Å². The topological polar surface area (TPSA) is 17.1 Å². The van der Waals surface area contributed by atoms with E-state index in [1.54, 1.807) is 0 Å². The van der Waals surface area contributed by atoms with Crippen LogP contribution < -0.4 is 0 Å². The molecular weight excluding hydrogens is 232 g/mol. The molecule has 1 nitrogen and oxygen atoms in total. The maximum Gasteiger partial charge on any atom is 0.133 e. The molecule has 0 N–H and O–H groups in total. The third-order valence-corrected chi connectivity index (χ3v) is 7.25. The average molecular weight is 260 g/mol. The summed E-state index contributed by atoms with van der Waals surface area (Å²) in [6.45, 7) is 2.45. The normalized spacial score (nSPS) is 53.3. The van der Waals surface area contributed by atoms with E-state index in [9.17, 15) is 4.79 Å². The Balaban J connectivity index is 1.54. The van der Waals surface area contributed by atoms with Gasteiger partial charge in [0.15, 0.2) is 0 Å². The molecule has 4 aliphatic carbocycles. The fourth-order valence-electron chi connectivity index (χ4n) is 6.50. The smallest absolute Gasteiger partial charge is 0.133 e. The highest BCUT2D eigenvalue weighted by Gasteiger charge is 2.50. The molecule has 0 radical (unpaired) electrons. The van der Waals surface area contributed by atoms with Gasteiger partial charge in [-0.05, 0) is 80.0 Å². The molecule has 4 aliphatic rings. The molecule has 0 aromatic heterocycles. The van der Waals surface area contributed by atoms with Crippen LogP contribution >= 0.6 is 0 Å². The molecule has 0 bridgehead atoms. The van der Waals surface area contributed by atoms with Crippen LogP contribution in [0.3, 0.4) is 0 Å². The lowest BCUT2D eigenvalue weighted by Gasteiger charge is -2.52. The molecule has 5 unspecified atom stereocenters. The molecule has 4 fully saturated rings. The standard InChI is InChI=1S/C18H28O/c1-11-2-5-15-12(8-11)3-7-17-16(15)6-4-13-9-14(19)10-18(13)17/h11-13,15-18H,2-10H2,1H3/t11?,12-,13?,15+,16?,17?,18?/m0/s1. The van der Waals surface area contributed by atoms with Crippen molar-refractivity contribution >= 4 is 5.78 Å². The molecule has 0 aromatic carbocycles. The third kappa shape index (κ3) is 1.99. The SMILES string of the molecule is CC1CC[C@H]2C3CCC4CC(=O)CC4C3CC[C@H]2C1. The van der Waals surface area contributed by atoms with E-state index in [-0.39, 0.29) is 0 Å². The summed E-state index contributed by atoms with van der Waals surface area (Å²) in [5, 5.41) is 0. The second-order valence-electron chi connectivity index (χ2n) is 8.20. The van der Waals surface area contributed by atoms with Crippen molar-refractivity contribution in [2.24, 2.45) is 41.4 Å². The minimum absolute atomic E-state index is 0.579. The number of hydrogen-bond donors (Lipinski definition) is 0. The highest BCUT2D eigenvalue weighted by molar-refractivity contribution is 5.81. The van der Waals surface area contributed by atoms with Crippen molar-refractivity contribution in [2.75, 3.05) is 0 Å². The van der Waals surface area contributed by atoms with E-state index >= 15 is 0 Å². The van der Waals surface area contributed by atoms with Crippen LogP contribution in [-0.4, -0.2) is 5.78 Å². The van der Waals surface area contributed by atoms with Crippen molar-refractivity contribution in [3.63, 3.8) is 0 Å². The van der Waals surface area contributed by atoms with Gasteiger partial charge < -0.3 is 0 Å². The fraction of sp³-hybridized carbons (Fsp3) is 0.944. The molecule has 4 rings (SSSR count). The van der Waals surface area contributed by atoms with E-state index in [1.807, 2.05) is 0 Å². The van der Waals surface area contributed by atoms with E-state index < -0.39 is 0 Å². The monoisotopic (exact) mass is 260 g/mol. The lowest BCUT2D eigenvalue weighted by atomic mass is 9.53. The Kier molecular flexibility index (Phi) is 3.01. The van der Waals surface area contributed by atoms with Crippen molar-refractivity contribution in [2.45, 2.75) is 64.7 Å². The predicted molar refractivity (Wildman–Crippen MR) is 76.7 cm³/mol. The Morgan fingerprint density at radius 2 is 1.42 bits per heavy atom. The first-order valence-corrected chi connectivity index (χ1v) is 8.74. The van der Waals surface area contributed by atoms with Gasteiger partial charge in [0, 0.05) is 12.8 Å². The largest absolute Gasteiger partial charge is 0.300 e. The van der Waals surface area contributed by atoms with Gasteiger partial charge in [-0.25, -0.2) is 0 Å². The second-order valence-corrected chi connectivity index (χ2v) is 8.20. The van der Waals surface area contributed by atoms with Gasteiger partial charge in [-0.1, -0.05) is 13.3 Å². The van der Waals surface area contributed by atoms with Gasteiger partial charge in [0.05, 0.1) is 0 Å². The zero-order valence-corrected chi connectivity index (χ0v) is 12.3. The first kappa shape index (κ1) is 12.4. The molecule has 4 saturated carbocycles. The van der Waals surface area contributed by atoms with E-state index in [0.717, 1.165) is 54.3 Å². The van der Waals surface area contributed by atoms with Crippen LogP contribution in [0.1, 0.15) is 64.7 Å². The maximum absolute atomic E-state index is 11.8. The van der Waals surface area contributed by atoms with Crippen LogP contribution in [0.25, 0.3) is 0 Å². The van der Waals surface area contributed by atoms with Crippen LogP contribution in [-0.2, 0) is 4.79 Å². The summed E-state index contributed by atoms with van der Waals surface area (Å²) in [6.07, 6.45) is 12.1. The van der Waals surface area contributed by atoms with Gasteiger partial charge >= 0.3 is 0 Å². The summed E-state index contributed by atoms with van der Waals surface area (Å²) in [7, 11) is 0. The zero-order valence-electron chi connectivity index (χ0n) is 12.3. The lowest BCUT2D eigenvalue weighted by Crippen LogP contribution is -2.44. The maximum atomic E-state index is 11.8. The van der Waals surface area contributed by atoms with E-state index in [4.69, 9.17) is 0 Å². The summed E-state index contributed by atoms with van der Waals surface area (Å²) in [5.74, 6) is 7.14. The molecule has 0 aliphatic heterocycles. The van der Waals surface area contributed by atoms with Crippen molar-refractivity contribution in [1.29, 1.82) is 0 Å². The van der Waals surface area contributed by atoms with Gasteiger partial charge in [0.2, 0.25) is 0 Å². The Bertz CT molecular complexity index is 374. The highest BCUT2D eigenvalue weighted by atomic mass is 16.1. The number of ketones is 1. The molecule has 0 saturated heterocycles. The van der Waals surface area contributed by atoms with Gasteiger partial charge in [0.1, 0.15) is 5.78 Å². The van der Waals surface area contributed by atoms with E-state index in [0.29, 0.717) is 5.78 Å². The number of rotatable bonds is 0. The number of fused-ring (bicyclic) bond motifs is 5. The number of carbonyl (C=O) groups excluding carboxylic acids is 1. The van der Waals surface area contributed by atoms with E-state index in [2.05, 4.69) is 6.92 Å². The second kappa shape index (κ2) is 4.60. The molecule has 7 atom stereocenters. The minimum atomic E-state index is 0.579. The van der Waals surface area contributed by atoms with Crippen LogP contribution in [0.2, 0.25) is 0 Å². The predicted octanol–water partition coefficient (Wildman–Crippen LogP) is 4.45. The average Bonchev–Trinajstić information content (AvgIpc) is 2.78. The number of carbonyl (C=O) groups is 1. The van der Waals surface area contributed by atoms with Crippen molar-refractivity contribution < 1.29 is 4.79 Å². The first-order chi connectivity index (χ1) is 9.22. The Hall–Kier alpha value is -0.330. The summed E-state index contributed by atoms with van der Waals surface area (Å²) < 4.78 is 0. The summed E-state index contributed by atoms with van der Waals surface area (Å²) in [6, 6.07) is 0. The molecule has 1 heteroatoms. The molecule has 0 amide bonds. The van der Waals surface area contributed by atoms with Crippen LogP contribution in [0, 0.1) is 41.4 Å². The summed E-state index contributed by atoms with van der Waals surface area (Å²) >= 11 is 0. The molecule has 106 valence electrons. The molecular formula is C18H28O. The van der Waals surface area contributed by atoms with Crippen LogP contribution in [0.15, 0.2) is 0 Å². The minimum Gasteiger partial charge on any atom is -0.300 e. The fourth-order valence-corrected chi connectivity index (χ4v) is 6.50. The number of hydrogen-bond acceptors (Lipinski definition) is 1. The molecule has 19 heavy (non-hydrogen) atoms. The van der Waals surface area contributed by atoms with Crippen molar-refractivity contribution in [1.82, 2.24) is 0 Å². The quantitative estimate of drug-likeness (QED) is 0.628. The molecule has 0 spiro atoms. The zero-order chi connectivity index (χ0) is 13.0. The molecule has 0 heterocycles. The summed E-state index contributed by atoms with van der Waals surface area (Å²) in [5.41, 5.74) is 0. The van der Waals surface area contributed by atoms with Gasteiger partial charge in [-0.3, -0.25) is 4.79 Å². The lowest BCUT2D eigenvalue weighted by molar-refractivity contribution is -0.117. The summed E-state index contributed by atoms with van der Waals surface area (Å²) in [4.78, 5) is 11.8. The highest BCUT2D eigenvalue weighted by Crippen LogP contribution is 2.57. The van der Waals surface area contributed by atoms with Gasteiger partial charge in [0.25, 0.3) is 0 Å². The van der Waals surface area contributed by atoms with Gasteiger partial charge in [-0.15, -0.1) is 0 Å². The Morgan fingerprint density at radius 1 is 0.737 bits per heavy atom. The number of Topliss-reactive ketones (excluding diaryl/α,β-unsaturated/α-hetero) is 1. The van der Waals surface area contributed by atoms with Crippen LogP contribution in [0.4, 0.5) is 0 Å². The third-order valence-electron chi connectivity index (χ3n) is 7.25. The van der Waals surface area contributed by atoms with E-state index in [1.165, 1.54) is 44.9 Å². The Morgan fingerprint density at radius 3 is 2.26 bits per heavy atom. The van der Waals surface area contributed by atoms with Crippen LogP contribution in [0.5, 0.6) is 0 Å². The molecule has 0 aromatic rings. The first-order valence-electron chi connectivity index (χ1n) is 8.74.